The van der Waals surface area contributed by atoms with Gasteiger partial charge in [-0.05, 0) is 48.9 Å². The van der Waals surface area contributed by atoms with Crippen LogP contribution in [0.3, 0.4) is 0 Å². The summed E-state index contributed by atoms with van der Waals surface area (Å²) in [6.45, 7) is 1.66. The molecule has 3 aromatic rings. The lowest BCUT2D eigenvalue weighted by Gasteiger charge is -2.15. The molecule has 7 nitrogen and oxygen atoms in total. The Morgan fingerprint density at radius 3 is 2.65 bits per heavy atom. The highest BCUT2D eigenvalue weighted by molar-refractivity contribution is 6.27. The Labute approximate surface area is 178 Å². The van der Waals surface area contributed by atoms with Crippen molar-refractivity contribution in [2.75, 3.05) is 12.1 Å². The van der Waals surface area contributed by atoms with Gasteiger partial charge in [-0.1, -0.05) is 24.3 Å². The van der Waals surface area contributed by atoms with Gasteiger partial charge in [-0.15, -0.1) is 0 Å². The first-order valence-electron chi connectivity index (χ1n) is 9.71. The zero-order chi connectivity index (χ0) is 22.0. The molecule has 0 radical (unpaired) electrons. The standard InChI is InChI=1S/C24H20N2O5/c1-15-22(20(27)13-16-6-3-7-17(12-16)21-10-5-11-31-21)23(28)26(25-15)19-9-4-8-18(14-19)24(29)30-2/h3-12,14,22H,13H2,1-2H3. The average Bonchev–Trinajstić information content (AvgIpc) is 3.41. The smallest absolute Gasteiger partial charge is 0.337 e. The van der Waals surface area contributed by atoms with E-state index >= 15 is 0 Å². The predicted octanol–water partition coefficient (Wildman–Crippen LogP) is 3.88. The molecule has 1 unspecified atom stereocenters. The monoisotopic (exact) mass is 416 g/mol. The Morgan fingerprint density at radius 1 is 1.10 bits per heavy atom. The molecular weight excluding hydrogens is 396 g/mol. The molecule has 7 heteroatoms. The summed E-state index contributed by atoms with van der Waals surface area (Å²) in [6.07, 6.45) is 1.68. The fourth-order valence-corrected chi connectivity index (χ4v) is 3.58. The van der Waals surface area contributed by atoms with Crippen LogP contribution in [0.4, 0.5) is 5.69 Å². The second-order valence-electron chi connectivity index (χ2n) is 7.19. The third-order valence-electron chi connectivity index (χ3n) is 5.08. The van der Waals surface area contributed by atoms with Crippen LogP contribution in [-0.2, 0) is 20.7 Å². The number of anilines is 1. The second-order valence-corrected chi connectivity index (χ2v) is 7.19. The van der Waals surface area contributed by atoms with Crippen LogP contribution in [0.25, 0.3) is 11.3 Å². The first kappa shape index (κ1) is 20.3. The molecule has 156 valence electrons. The Kier molecular flexibility index (Phi) is 5.49. The molecule has 1 amide bonds. The van der Waals surface area contributed by atoms with Crippen molar-refractivity contribution in [1.82, 2.24) is 0 Å². The van der Waals surface area contributed by atoms with Crippen LogP contribution in [-0.4, -0.2) is 30.5 Å². The summed E-state index contributed by atoms with van der Waals surface area (Å²) >= 11 is 0. The van der Waals surface area contributed by atoms with Crippen LogP contribution in [0, 0.1) is 5.92 Å². The SMILES string of the molecule is COC(=O)c1cccc(N2N=C(C)C(C(=O)Cc3cccc(-c4ccco4)c3)C2=O)c1. The average molecular weight is 416 g/mol. The first-order valence-corrected chi connectivity index (χ1v) is 9.71. The van der Waals surface area contributed by atoms with E-state index in [0.717, 1.165) is 11.1 Å². The van der Waals surface area contributed by atoms with Gasteiger partial charge in [-0.3, -0.25) is 9.59 Å². The van der Waals surface area contributed by atoms with E-state index in [9.17, 15) is 14.4 Å². The molecule has 1 aromatic heterocycles. The molecule has 2 aromatic carbocycles. The van der Waals surface area contributed by atoms with E-state index in [1.807, 2.05) is 30.3 Å². The van der Waals surface area contributed by atoms with Crippen LogP contribution in [0.2, 0.25) is 0 Å². The number of rotatable bonds is 6. The molecule has 1 atom stereocenters. The topological polar surface area (TPSA) is 89.2 Å². The fourth-order valence-electron chi connectivity index (χ4n) is 3.58. The molecule has 0 fully saturated rings. The lowest BCUT2D eigenvalue weighted by atomic mass is 9.93. The summed E-state index contributed by atoms with van der Waals surface area (Å²) < 4.78 is 10.1. The number of ketones is 1. The van der Waals surface area contributed by atoms with E-state index in [2.05, 4.69) is 5.10 Å². The lowest BCUT2D eigenvalue weighted by molar-refractivity contribution is -0.128. The van der Waals surface area contributed by atoms with Crippen molar-refractivity contribution in [2.24, 2.45) is 11.0 Å². The Hall–Kier alpha value is -4.00. The largest absolute Gasteiger partial charge is 0.465 e. The molecule has 0 N–H and O–H groups in total. The number of Topliss-reactive ketones (excluding diaryl/α,β-unsaturated/α-hetero) is 1. The fraction of sp³-hybridized carbons (Fsp3) is 0.167. The Bertz CT molecular complexity index is 1180. The third-order valence-corrected chi connectivity index (χ3v) is 5.08. The minimum absolute atomic E-state index is 0.0911. The maximum Gasteiger partial charge on any atom is 0.337 e. The number of hydrazone groups is 1. The summed E-state index contributed by atoms with van der Waals surface area (Å²) in [6, 6.07) is 17.5. The first-order chi connectivity index (χ1) is 15.0. The van der Waals surface area contributed by atoms with Gasteiger partial charge in [0.05, 0.1) is 30.3 Å². The van der Waals surface area contributed by atoms with Crippen molar-refractivity contribution in [1.29, 1.82) is 0 Å². The van der Waals surface area contributed by atoms with Crippen molar-refractivity contribution in [3.63, 3.8) is 0 Å². The van der Waals surface area contributed by atoms with Crippen LogP contribution in [0.5, 0.6) is 0 Å². The second kappa shape index (κ2) is 8.39. The summed E-state index contributed by atoms with van der Waals surface area (Å²) in [5.41, 5.74) is 2.76. The van der Waals surface area contributed by atoms with Gasteiger partial charge in [0.2, 0.25) is 0 Å². The molecule has 0 saturated heterocycles. The van der Waals surface area contributed by atoms with Gasteiger partial charge in [0.1, 0.15) is 11.7 Å². The lowest BCUT2D eigenvalue weighted by Crippen LogP contribution is -2.33. The number of amides is 1. The van der Waals surface area contributed by atoms with Gasteiger partial charge >= 0.3 is 5.97 Å². The quantitative estimate of drug-likeness (QED) is 0.449. The predicted molar refractivity (Wildman–Crippen MR) is 115 cm³/mol. The number of nitrogens with zero attached hydrogens (tertiary/aromatic N) is 2. The summed E-state index contributed by atoms with van der Waals surface area (Å²) in [5.74, 6) is -1.45. The highest BCUT2D eigenvalue weighted by Gasteiger charge is 2.39. The summed E-state index contributed by atoms with van der Waals surface area (Å²) in [7, 11) is 1.29. The van der Waals surface area contributed by atoms with E-state index in [-0.39, 0.29) is 12.2 Å². The van der Waals surface area contributed by atoms with Gasteiger partial charge in [-0.2, -0.15) is 10.1 Å². The zero-order valence-electron chi connectivity index (χ0n) is 17.1. The number of hydrogen-bond donors (Lipinski definition) is 0. The normalized spacial score (nSPS) is 15.7. The third kappa shape index (κ3) is 4.02. The van der Waals surface area contributed by atoms with Crippen molar-refractivity contribution in [3.05, 3.63) is 78.1 Å². The van der Waals surface area contributed by atoms with Crippen molar-refractivity contribution in [2.45, 2.75) is 13.3 Å². The van der Waals surface area contributed by atoms with E-state index in [0.29, 0.717) is 22.7 Å². The maximum atomic E-state index is 13.0. The van der Waals surface area contributed by atoms with Crippen molar-refractivity contribution in [3.8, 4) is 11.3 Å². The van der Waals surface area contributed by atoms with Gasteiger partial charge in [-0.25, -0.2) is 4.79 Å². The van der Waals surface area contributed by atoms with Gasteiger partial charge < -0.3 is 9.15 Å². The minimum Gasteiger partial charge on any atom is -0.465 e. The van der Waals surface area contributed by atoms with Crippen LogP contribution in [0.15, 0.2) is 76.4 Å². The number of ether oxygens (including phenoxy) is 1. The van der Waals surface area contributed by atoms with Gasteiger partial charge in [0, 0.05) is 12.0 Å². The number of hydrogen-bond acceptors (Lipinski definition) is 6. The van der Waals surface area contributed by atoms with Gasteiger partial charge in [0.25, 0.3) is 5.91 Å². The molecule has 0 spiro atoms. The number of carbonyl (C=O) groups excluding carboxylic acids is 3. The minimum atomic E-state index is -0.964. The van der Waals surface area contributed by atoms with Crippen LogP contribution < -0.4 is 5.01 Å². The molecule has 0 saturated carbocycles. The van der Waals surface area contributed by atoms with E-state index in [1.54, 1.807) is 37.5 Å². The molecule has 1 aliphatic rings. The van der Waals surface area contributed by atoms with Crippen LogP contribution in [0.1, 0.15) is 22.8 Å². The zero-order valence-corrected chi connectivity index (χ0v) is 17.1. The van der Waals surface area contributed by atoms with Crippen molar-refractivity contribution < 1.29 is 23.5 Å². The van der Waals surface area contributed by atoms with Crippen molar-refractivity contribution >= 4 is 29.1 Å². The number of furan rings is 1. The Balaban J connectivity index is 1.53. The number of esters is 1. The number of benzene rings is 2. The molecule has 0 aliphatic carbocycles. The van der Waals surface area contributed by atoms with E-state index in [1.165, 1.54) is 18.2 Å². The van der Waals surface area contributed by atoms with E-state index < -0.39 is 17.8 Å². The highest BCUT2D eigenvalue weighted by atomic mass is 16.5. The number of carbonyl (C=O) groups is 3. The van der Waals surface area contributed by atoms with Crippen LogP contribution >= 0.6 is 0 Å². The maximum absolute atomic E-state index is 13.0. The summed E-state index contributed by atoms with van der Waals surface area (Å²) in [4.78, 5) is 37.8. The van der Waals surface area contributed by atoms with E-state index in [4.69, 9.17) is 9.15 Å². The highest BCUT2D eigenvalue weighted by Crippen LogP contribution is 2.27. The summed E-state index contributed by atoms with van der Waals surface area (Å²) in [5, 5.41) is 5.45. The molecule has 31 heavy (non-hydrogen) atoms. The van der Waals surface area contributed by atoms with Gasteiger partial charge in [0.15, 0.2) is 5.78 Å². The molecule has 2 heterocycles. The molecular formula is C24H20N2O5. The molecule has 1 aliphatic heterocycles. The molecule has 4 rings (SSSR count). The Morgan fingerprint density at radius 2 is 1.90 bits per heavy atom. The number of methoxy groups -OCH3 is 1. The molecule has 0 bridgehead atoms.